The average molecular weight is 383 g/mol. The molecule has 3 heteroatoms. The molecule has 0 unspecified atom stereocenters. The van der Waals surface area contributed by atoms with Gasteiger partial charge in [0.15, 0.2) is 0 Å². The number of ether oxygens (including phenoxy) is 1. The Bertz CT molecular complexity index is 794. The Hall–Kier alpha value is -1.79. The highest BCUT2D eigenvalue weighted by molar-refractivity contribution is 7.97. The van der Waals surface area contributed by atoms with E-state index in [9.17, 15) is 0 Å². The van der Waals surface area contributed by atoms with Crippen LogP contribution < -0.4 is 15.9 Å². The van der Waals surface area contributed by atoms with E-state index < -0.39 is 6.89 Å². The van der Waals surface area contributed by atoms with Crippen molar-refractivity contribution in [2.24, 2.45) is 0 Å². The van der Waals surface area contributed by atoms with E-state index in [-0.39, 0.29) is 5.60 Å². The molecule has 0 aliphatic heterocycles. The minimum absolute atomic E-state index is 0.374. The summed E-state index contributed by atoms with van der Waals surface area (Å²) in [4.78, 5) is 0.564. The maximum Gasteiger partial charge on any atom is 0.149 e. The van der Waals surface area contributed by atoms with Crippen LogP contribution in [0.4, 0.5) is 0 Å². The van der Waals surface area contributed by atoms with E-state index in [1.807, 2.05) is 39.0 Å². The van der Waals surface area contributed by atoms with Crippen molar-refractivity contribution in [3.8, 4) is 0 Å². The van der Waals surface area contributed by atoms with Gasteiger partial charge in [-0.05, 0) is 36.7 Å². The summed E-state index contributed by atoms with van der Waals surface area (Å²) < 4.78 is 6.30. The quantitative estimate of drug-likeness (QED) is 0.569. The zero-order chi connectivity index (χ0) is 18.6. The first-order valence-electron chi connectivity index (χ1n) is 8.72. The van der Waals surface area contributed by atoms with E-state index in [4.69, 9.17) is 16.3 Å². The van der Waals surface area contributed by atoms with Crippen LogP contribution in [0.25, 0.3) is 0 Å². The highest BCUT2D eigenvalue weighted by Gasteiger charge is 2.31. The Balaban J connectivity index is 2.46. The standard InChI is InChI=1S/C23H24ClOP/c1-23(2,3)25-22(24)26(19-13-7-4-8-14-19,20-15-9-5-10-16-20)21-17-11-6-12-18-21/h4-18H,1-3H3. The fraction of sp³-hybridized carbons (Fsp3) is 0.174. The van der Waals surface area contributed by atoms with E-state index in [2.05, 4.69) is 72.8 Å². The van der Waals surface area contributed by atoms with Crippen molar-refractivity contribution < 1.29 is 4.74 Å². The highest BCUT2D eigenvalue weighted by Crippen LogP contribution is 2.47. The Labute approximate surface area is 161 Å². The molecule has 0 saturated heterocycles. The molecule has 0 aliphatic carbocycles. The zero-order valence-electron chi connectivity index (χ0n) is 15.4. The lowest BCUT2D eigenvalue weighted by Gasteiger charge is -2.32. The van der Waals surface area contributed by atoms with Gasteiger partial charge in [-0.15, -0.1) is 0 Å². The van der Waals surface area contributed by atoms with Gasteiger partial charge in [-0.1, -0.05) is 103 Å². The number of rotatable bonds is 4. The van der Waals surface area contributed by atoms with E-state index in [0.717, 1.165) is 0 Å². The van der Waals surface area contributed by atoms with Crippen LogP contribution in [0.3, 0.4) is 0 Å². The van der Waals surface area contributed by atoms with E-state index >= 15 is 0 Å². The second-order valence-corrected chi connectivity index (χ2v) is 11.0. The number of halogens is 1. The van der Waals surface area contributed by atoms with Crippen molar-refractivity contribution in [1.29, 1.82) is 0 Å². The van der Waals surface area contributed by atoms with Crippen LogP contribution in [0.2, 0.25) is 0 Å². The zero-order valence-corrected chi connectivity index (χ0v) is 17.0. The normalized spacial score (nSPS) is 12.0. The lowest BCUT2D eigenvalue weighted by atomic mass is 10.2. The summed E-state index contributed by atoms with van der Waals surface area (Å²) in [6, 6.07) is 31.4. The van der Waals surface area contributed by atoms with Crippen LogP contribution in [0.5, 0.6) is 0 Å². The van der Waals surface area contributed by atoms with Gasteiger partial charge < -0.3 is 4.74 Å². The molecule has 3 aromatic rings. The van der Waals surface area contributed by atoms with Gasteiger partial charge in [0.25, 0.3) is 0 Å². The molecular formula is C23H24ClOP. The third-order valence-corrected chi connectivity index (χ3v) is 8.76. The molecule has 26 heavy (non-hydrogen) atoms. The number of benzene rings is 3. The minimum atomic E-state index is -2.28. The second-order valence-electron chi connectivity index (χ2n) is 7.14. The lowest BCUT2D eigenvalue weighted by Crippen LogP contribution is -2.32. The maximum atomic E-state index is 7.04. The molecule has 0 saturated carbocycles. The van der Waals surface area contributed by atoms with Gasteiger partial charge in [-0.3, -0.25) is 0 Å². The summed E-state index contributed by atoms with van der Waals surface area (Å²) in [6.45, 7) is 3.82. The minimum Gasteiger partial charge on any atom is -0.328 e. The molecule has 0 amide bonds. The largest absolute Gasteiger partial charge is 0.328 e. The molecule has 0 aromatic heterocycles. The predicted octanol–water partition coefficient (Wildman–Crippen LogP) is 5.12. The Morgan fingerprint density at radius 3 is 1.23 bits per heavy atom. The van der Waals surface area contributed by atoms with Crippen LogP contribution in [-0.2, 0) is 4.74 Å². The van der Waals surface area contributed by atoms with Gasteiger partial charge in [0, 0.05) is 6.89 Å². The third kappa shape index (κ3) is 3.81. The van der Waals surface area contributed by atoms with Crippen molar-refractivity contribution in [1.82, 2.24) is 0 Å². The predicted molar refractivity (Wildman–Crippen MR) is 117 cm³/mol. The SMILES string of the molecule is CC(C)(C)OC(Cl)=P(c1ccccc1)(c1ccccc1)c1ccccc1. The van der Waals surface area contributed by atoms with Gasteiger partial charge >= 0.3 is 0 Å². The smallest absolute Gasteiger partial charge is 0.149 e. The highest BCUT2D eigenvalue weighted by atomic mass is 35.5. The molecule has 0 atom stereocenters. The molecule has 0 radical (unpaired) electrons. The summed E-state index contributed by atoms with van der Waals surface area (Å²) in [5.41, 5.74) is -0.374. The van der Waals surface area contributed by atoms with Crippen molar-refractivity contribution in [3.63, 3.8) is 0 Å². The topological polar surface area (TPSA) is 9.23 Å². The molecule has 3 rings (SSSR count). The third-order valence-electron chi connectivity index (χ3n) is 4.08. The Morgan fingerprint density at radius 2 is 0.962 bits per heavy atom. The van der Waals surface area contributed by atoms with Gasteiger partial charge in [-0.2, -0.15) is 0 Å². The summed E-state index contributed by atoms with van der Waals surface area (Å²) in [7, 11) is 0. The molecule has 0 fully saturated rings. The maximum absolute atomic E-state index is 7.04. The summed E-state index contributed by atoms with van der Waals surface area (Å²) >= 11 is 7.04. The molecule has 134 valence electrons. The molecule has 0 bridgehead atoms. The molecule has 0 spiro atoms. The Kier molecular flexibility index (Phi) is 5.73. The van der Waals surface area contributed by atoms with Crippen LogP contribution >= 0.6 is 18.5 Å². The van der Waals surface area contributed by atoms with Crippen molar-refractivity contribution >= 4 is 39.3 Å². The van der Waals surface area contributed by atoms with E-state index in [1.54, 1.807) is 0 Å². The lowest BCUT2D eigenvalue weighted by molar-refractivity contribution is 0.126. The first-order valence-corrected chi connectivity index (χ1v) is 10.9. The monoisotopic (exact) mass is 382 g/mol. The fourth-order valence-corrected chi connectivity index (χ4v) is 7.91. The van der Waals surface area contributed by atoms with E-state index in [0.29, 0.717) is 4.94 Å². The molecule has 0 N–H and O–H groups in total. The molecule has 0 aliphatic rings. The van der Waals surface area contributed by atoms with Gasteiger partial charge in [0.2, 0.25) is 0 Å². The average Bonchev–Trinajstić information content (AvgIpc) is 2.64. The molecule has 0 heterocycles. The van der Waals surface area contributed by atoms with Gasteiger partial charge in [0.1, 0.15) is 4.94 Å². The van der Waals surface area contributed by atoms with Crippen LogP contribution in [0, 0.1) is 0 Å². The number of hydrogen-bond acceptors (Lipinski definition) is 1. The van der Waals surface area contributed by atoms with Crippen LogP contribution in [-0.4, -0.2) is 10.5 Å². The van der Waals surface area contributed by atoms with Crippen molar-refractivity contribution in [2.75, 3.05) is 0 Å². The van der Waals surface area contributed by atoms with Crippen LogP contribution in [0.1, 0.15) is 20.8 Å². The van der Waals surface area contributed by atoms with E-state index in [1.165, 1.54) is 15.9 Å². The first kappa shape index (κ1) is 19.0. The molecular weight excluding hydrogens is 359 g/mol. The first-order chi connectivity index (χ1) is 12.4. The summed E-state index contributed by atoms with van der Waals surface area (Å²) in [6.07, 6.45) is 0. The molecule has 1 nitrogen and oxygen atoms in total. The second kappa shape index (κ2) is 7.84. The Morgan fingerprint density at radius 1 is 0.654 bits per heavy atom. The van der Waals surface area contributed by atoms with Gasteiger partial charge in [0.05, 0.1) is 5.60 Å². The van der Waals surface area contributed by atoms with Crippen molar-refractivity contribution in [2.45, 2.75) is 26.4 Å². The fourth-order valence-electron chi connectivity index (χ4n) is 3.03. The van der Waals surface area contributed by atoms with Gasteiger partial charge in [-0.25, -0.2) is 0 Å². The summed E-state index contributed by atoms with van der Waals surface area (Å²) in [5.74, 6) is 0. The van der Waals surface area contributed by atoms with Crippen LogP contribution in [0.15, 0.2) is 91.0 Å². The van der Waals surface area contributed by atoms with Crippen molar-refractivity contribution in [3.05, 3.63) is 91.0 Å². The number of hydrogen-bond donors (Lipinski definition) is 0. The summed E-state index contributed by atoms with van der Waals surface area (Å²) in [5, 5.41) is 3.56. The molecule has 3 aromatic carbocycles.